The fourth-order valence-corrected chi connectivity index (χ4v) is 11.5. The van der Waals surface area contributed by atoms with Gasteiger partial charge in [-0.3, -0.25) is 4.79 Å². The molecule has 2 saturated heterocycles. The highest BCUT2D eigenvalue weighted by molar-refractivity contribution is 7.92. The zero-order valence-electron chi connectivity index (χ0n) is 24.4. The number of sulfone groups is 2. The third-order valence-electron chi connectivity index (χ3n) is 9.38. The Hall–Kier alpha value is -3.52. The zero-order valence-corrected chi connectivity index (χ0v) is 26.0. The quantitative estimate of drug-likeness (QED) is 0.238. The first-order valence-electron chi connectivity index (χ1n) is 14.7. The Morgan fingerprint density at radius 1 is 1.02 bits per heavy atom. The summed E-state index contributed by atoms with van der Waals surface area (Å²) in [5.74, 6) is -2.39. The van der Waals surface area contributed by atoms with Gasteiger partial charge in [0.2, 0.25) is 5.91 Å². The number of rotatable bonds is 7. The standard InChI is InChI=1S/C32H30F5NO6S2/c33-22-5-8-24(9-6-22)46(42,43)31-13-14-38(30(39)16-20-12-15-45(40,41)19-20)29(31)11-4-21-17-23(7-10-26(21)31)44-18-25-27(32(35,36)37)2-1-3-28(25)34/h1-3,5-10,17,20,29H,4,11-16,18-19H2/t20?,29-,31-/m1/s1. The predicted octanol–water partition coefficient (Wildman–Crippen LogP) is 5.60. The lowest BCUT2D eigenvalue weighted by Gasteiger charge is -2.42. The van der Waals surface area contributed by atoms with Crippen molar-refractivity contribution < 1.29 is 48.3 Å². The summed E-state index contributed by atoms with van der Waals surface area (Å²) >= 11 is 0. The summed E-state index contributed by atoms with van der Waals surface area (Å²) in [5.41, 5.74) is -0.895. The number of benzene rings is 3. The van der Waals surface area contributed by atoms with Crippen molar-refractivity contribution in [2.45, 2.75) is 60.6 Å². The number of carbonyl (C=O) groups excluding carboxylic acids is 1. The van der Waals surface area contributed by atoms with Crippen LogP contribution in [-0.2, 0) is 48.4 Å². The third-order valence-corrected chi connectivity index (χ3v) is 13.8. The first-order valence-corrected chi connectivity index (χ1v) is 18.0. The van der Waals surface area contributed by atoms with Crippen LogP contribution in [0.1, 0.15) is 47.9 Å². The molecule has 3 aliphatic rings. The number of hydrogen-bond acceptors (Lipinski definition) is 6. The molecule has 2 fully saturated rings. The highest BCUT2D eigenvalue weighted by atomic mass is 32.2. The van der Waals surface area contributed by atoms with Crippen LogP contribution < -0.4 is 4.74 Å². The maximum absolute atomic E-state index is 14.5. The van der Waals surface area contributed by atoms with E-state index in [0.717, 1.165) is 30.3 Å². The summed E-state index contributed by atoms with van der Waals surface area (Å²) in [6.07, 6.45) is -3.94. The van der Waals surface area contributed by atoms with Gasteiger partial charge in [-0.2, -0.15) is 13.2 Å². The molecule has 2 aliphatic heterocycles. The van der Waals surface area contributed by atoms with Gasteiger partial charge >= 0.3 is 6.18 Å². The summed E-state index contributed by atoms with van der Waals surface area (Å²) in [4.78, 5) is 15.0. The molecular weight excluding hydrogens is 653 g/mol. The second kappa shape index (κ2) is 11.6. The summed E-state index contributed by atoms with van der Waals surface area (Å²) in [7, 11) is -7.50. The average molecular weight is 684 g/mol. The first-order chi connectivity index (χ1) is 21.6. The Morgan fingerprint density at radius 2 is 1.76 bits per heavy atom. The van der Waals surface area contributed by atoms with Gasteiger partial charge < -0.3 is 9.64 Å². The van der Waals surface area contributed by atoms with Crippen molar-refractivity contribution in [2.24, 2.45) is 5.92 Å². The van der Waals surface area contributed by atoms with Crippen molar-refractivity contribution in [1.82, 2.24) is 4.90 Å². The maximum Gasteiger partial charge on any atom is 0.416 e. The molecule has 0 aromatic heterocycles. The molecule has 14 heteroatoms. The highest BCUT2D eigenvalue weighted by Crippen LogP contribution is 2.53. The van der Waals surface area contributed by atoms with Crippen molar-refractivity contribution in [3.05, 3.63) is 94.6 Å². The number of ether oxygens (including phenoxy) is 1. The van der Waals surface area contributed by atoms with Gasteiger partial charge in [0.15, 0.2) is 19.7 Å². The fraction of sp³-hybridized carbons (Fsp3) is 0.406. The number of halogens is 5. The molecule has 3 aromatic rings. The molecule has 0 spiro atoms. The summed E-state index contributed by atoms with van der Waals surface area (Å²) in [6, 6.07) is 10.7. The monoisotopic (exact) mass is 683 g/mol. The lowest BCUT2D eigenvalue weighted by molar-refractivity contribution is -0.138. The van der Waals surface area contributed by atoms with Gasteiger partial charge in [-0.15, -0.1) is 0 Å². The van der Waals surface area contributed by atoms with Gasteiger partial charge in [0.1, 0.15) is 28.7 Å². The van der Waals surface area contributed by atoms with E-state index < -0.39 is 66.0 Å². The van der Waals surface area contributed by atoms with Crippen LogP contribution in [0.4, 0.5) is 22.0 Å². The van der Waals surface area contributed by atoms with Crippen LogP contribution in [0, 0.1) is 17.6 Å². The Bertz CT molecular complexity index is 1900. The molecule has 46 heavy (non-hydrogen) atoms. The van der Waals surface area contributed by atoms with Crippen LogP contribution in [0.3, 0.4) is 0 Å². The van der Waals surface area contributed by atoms with E-state index in [4.69, 9.17) is 4.74 Å². The van der Waals surface area contributed by atoms with E-state index in [1.807, 2.05) is 0 Å². The summed E-state index contributed by atoms with van der Waals surface area (Å²) < 4.78 is 126. The van der Waals surface area contributed by atoms with E-state index in [-0.39, 0.29) is 59.8 Å². The summed E-state index contributed by atoms with van der Waals surface area (Å²) in [6.45, 7) is -0.629. The molecule has 2 heterocycles. The number of alkyl halides is 3. The molecule has 1 aliphatic carbocycles. The van der Waals surface area contributed by atoms with Gasteiger partial charge in [0.05, 0.1) is 28.0 Å². The van der Waals surface area contributed by atoms with E-state index in [0.29, 0.717) is 24.0 Å². The molecule has 246 valence electrons. The van der Waals surface area contributed by atoms with Crippen LogP contribution in [-0.4, -0.2) is 51.7 Å². The van der Waals surface area contributed by atoms with Gasteiger partial charge in [0.25, 0.3) is 0 Å². The van der Waals surface area contributed by atoms with Crippen LogP contribution in [0.2, 0.25) is 0 Å². The number of carbonyl (C=O) groups is 1. The fourth-order valence-electron chi connectivity index (χ4n) is 7.24. The number of likely N-dealkylation sites (tertiary alicyclic amines) is 1. The van der Waals surface area contributed by atoms with Crippen LogP contribution in [0.5, 0.6) is 5.75 Å². The maximum atomic E-state index is 14.5. The van der Waals surface area contributed by atoms with Crippen molar-refractivity contribution in [3.63, 3.8) is 0 Å². The molecule has 3 atom stereocenters. The Balaban J connectivity index is 1.35. The van der Waals surface area contributed by atoms with E-state index in [1.165, 1.54) is 35.2 Å². The van der Waals surface area contributed by atoms with Crippen LogP contribution in [0.15, 0.2) is 65.6 Å². The molecule has 6 rings (SSSR count). The van der Waals surface area contributed by atoms with Gasteiger partial charge in [-0.05, 0) is 91.3 Å². The molecule has 0 saturated carbocycles. The van der Waals surface area contributed by atoms with Crippen molar-refractivity contribution in [2.75, 3.05) is 18.1 Å². The second-order valence-corrected chi connectivity index (χ2v) is 16.5. The SMILES string of the molecule is O=C(CC1CCS(=O)(=O)C1)N1CC[C@@]2(S(=O)(=O)c3ccc(F)cc3)c3ccc(OCc4c(F)cccc4C(F)(F)F)cc3CC[C@@H]12. The predicted molar refractivity (Wildman–Crippen MR) is 157 cm³/mol. The van der Waals surface area contributed by atoms with E-state index in [2.05, 4.69) is 0 Å². The molecule has 7 nitrogen and oxygen atoms in total. The number of hydrogen-bond donors (Lipinski definition) is 0. The average Bonchev–Trinajstić information content (AvgIpc) is 3.56. The number of fused-ring (bicyclic) bond motifs is 3. The van der Waals surface area contributed by atoms with Crippen LogP contribution >= 0.6 is 0 Å². The molecule has 1 unspecified atom stereocenters. The second-order valence-electron chi connectivity index (χ2n) is 12.1. The molecule has 0 radical (unpaired) electrons. The van der Waals surface area contributed by atoms with E-state index in [1.54, 1.807) is 0 Å². The van der Waals surface area contributed by atoms with Crippen molar-refractivity contribution in [3.8, 4) is 5.75 Å². The van der Waals surface area contributed by atoms with E-state index >= 15 is 0 Å². The molecular formula is C32H30F5NO6S2. The third kappa shape index (κ3) is 5.67. The van der Waals surface area contributed by atoms with Gasteiger partial charge in [0, 0.05) is 18.5 Å². The van der Waals surface area contributed by atoms with E-state index in [9.17, 15) is 43.6 Å². The molecule has 1 amide bonds. The molecule has 3 aromatic carbocycles. The molecule has 0 N–H and O–H groups in total. The number of aryl methyl sites for hydroxylation is 1. The Labute approximate surface area is 263 Å². The minimum Gasteiger partial charge on any atom is -0.489 e. The zero-order chi connectivity index (χ0) is 33.1. The van der Waals surface area contributed by atoms with Crippen LogP contribution in [0.25, 0.3) is 0 Å². The number of nitrogens with zero attached hydrogens (tertiary/aromatic N) is 1. The first kappa shape index (κ1) is 32.4. The minimum atomic E-state index is -4.80. The molecule has 0 bridgehead atoms. The van der Waals surface area contributed by atoms with Crippen molar-refractivity contribution in [1.29, 1.82) is 0 Å². The smallest absolute Gasteiger partial charge is 0.416 e. The lowest BCUT2D eigenvalue weighted by atomic mass is 9.78. The largest absolute Gasteiger partial charge is 0.489 e. The normalized spacial score (nSPS) is 24.0. The number of amides is 1. The van der Waals surface area contributed by atoms with Crippen molar-refractivity contribution >= 4 is 25.6 Å². The Kier molecular flexibility index (Phi) is 8.19. The van der Waals surface area contributed by atoms with Gasteiger partial charge in [-0.25, -0.2) is 25.6 Å². The summed E-state index contributed by atoms with van der Waals surface area (Å²) in [5, 5.41) is 0. The minimum absolute atomic E-state index is 0.00344. The lowest BCUT2D eigenvalue weighted by Crippen LogP contribution is -2.52. The highest BCUT2D eigenvalue weighted by Gasteiger charge is 2.61. The Morgan fingerprint density at radius 3 is 2.43 bits per heavy atom. The van der Waals surface area contributed by atoms with Gasteiger partial charge in [-0.1, -0.05) is 12.1 Å². The topological polar surface area (TPSA) is 97.8 Å².